The van der Waals surface area contributed by atoms with Crippen molar-refractivity contribution < 1.29 is 4.79 Å². The Labute approximate surface area is 151 Å². The molecule has 1 aromatic heterocycles. The van der Waals surface area contributed by atoms with Gasteiger partial charge in [0.15, 0.2) is 5.96 Å². The normalized spacial score (nSPS) is 13.5. The van der Waals surface area contributed by atoms with Crippen LogP contribution in [0.2, 0.25) is 0 Å². The number of rotatable bonds is 6. The van der Waals surface area contributed by atoms with Crippen molar-refractivity contribution in [2.75, 3.05) is 13.1 Å². The average molecular weight is 351 g/mol. The molecule has 0 aliphatic carbocycles. The topological polar surface area (TPSA) is 83.3 Å². The van der Waals surface area contributed by atoms with Crippen molar-refractivity contribution in [2.24, 2.45) is 12.0 Å². The molecule has 1 atom stereocenters. The number of nitrogens with one attached hydrogen (secondary N) is 3. The molecule has 0 aromatic carbocycles. The third-order valence-electron chi connectivity index (χ3n) is 3.79. The Bertz CT molecular complexity index is 612. The van der Waals surface area contributed by atoms with E-state index < -0.39 is 0 Å². The summed E-state index contributed by atoms with van der Waals surface area (Å²) < 4.78 is 1.91. The van der Waals surface area contributed by atoms with Crippen molar-refractivity contribution in [3.8, 4) is 0 Å². The first-order chi connectivity index (χ1) is 11.5. The first-order valence-corrected chi connectivity index (χ1v) is 8.88. The van der Waals surface area contributed by atoms with E-state index >= 15 is 0 Å². The molecule has 25 heavy (non-hydrogen) atoms. The van der Waals surface area contributed by atoms with Crippen LogP contribution in [0, 0.1) is 13.8 Å². The first kappa shape index (κ1) is 21.0. The third-order valence-corrected chi connectivity index (χ3v) is 3.79. The van der Waals surface area contributed by atoms with Gasteiger partial charge in [-0.1, -0.05) is 0 Å². The second kappa shape index (κ2) is 8.87. The highest BCUT2D eigenvalue weighted by atomic mass is 16.2. The maximum absolute atomic E-state index is 12.0. The van der Waals surface area contributed by atoms with Gasteiger partial charge >= 0.3 is 0 Å². The summed E-state index contributed by atoms with van der Waals surface area (Å²) >= 11 is 0. The van der Waals surface area contributed by atoms with Crippen LogP contribution in [-0.4, -0.2) is 46.3 Å². The largest absolute Gasteiger partial charge is 0.357 e. The molecule has 1 heterocycles. The molecule has 1 aromatic rings. The van der Waals surface area contributed by atoms with Gasteiger partial charge in [0, 0.05) is 30.9 Å². The average Bonchev–Trinajstić information content (AvgIpc) is 2.70. The number of aromatic nitrogens is 2. The molecule has 0 fully saturated rings. The van der Waals surface area contributed by atoms with Gasteiger partial charge in [-0.05, 0) is 60.5 Å². The maximum atomic E-state index is 12.0. The fourth-order valence-electron chi connectivity index (χ4n) is 2.63. The van der Waals surface area contributed by atoms with Crippen LogP contribution in [-0.2, 0) is 18.3 Å². The lowest BCUT2D eigenvalue weighted by Crippen LogP contribution is -2.45. The van der Waals surface area contributed by atoms with E-state index in [-0.39, 0.29) is 24.0 Å². The molecule has 1 unspecified atom stereocenters. The predicted molar refractivity (Wildman–Crippen MR) is 103 cm³/mol. The van der Waals surface area contributed by atoms with Crippen LogP contribution in [0.15, 0.2) is 4.99 Å². The highest BCUT2D eigenvalue weighted by Crippen LogP contribution is 2.14. The standard InChI is InChI=1S/C18H34N6O/c1-9-19-17(20-11-16(25)22-18(5,6)7)21-12(2)10-15-13(3)23-24(8)14(15)4/h12H,9-11H2,1-8H3,(H,22,25)(H2,19,20,21). The molecule has 7 heteroatoms. The van der Waals surface area contributed by atoms with Gasteiger partial charge in [0.1, 0.15) is 6.54 Å². The van der Waals surface area contributed by atoms with Crippen LogP contribution in [0.25, 0.3) is 0 Å². The van der Waals surface area contributed by atoms with Crippen molar-refractivity contribution in [2.45, 2.75) is 66.5 Å². The summed E-state index contributed by atoms with van der Waals surface area (Å²) in [5.74, 6) is 0.564. The van der Waals surface area contributed by atoms with Crippen LogP contribution in [0.5, 0.6) is 0 Å². The summed E-state index contributed by atoms with van der Waals surface area (Å²) in [5.41, 5.74) is 3.24. The van der Waals surface area contributed by atoms with Crippen LogP contribution < -0.4 is 16.0 Å². The number of carbonyl (C=O) groups is 1. The first-order valence-electron chi connectivity index (χ1n) is 8.88. The van der Waals surface area contributed by atoms with Gasteiger partial charge < -0.3 is 16.0 Å². The van der Waals surface area contributed by atoms with E-state index in [0.29, 0.717) is 5.96 Å². The quantitative estimate of drug-likeness (QED) is 0.535. The smallest absolute Gasteiger partial charge is 0.242 e. The second-order valence-corrected chi connectivity index (χ2v) is 7.52. The zero-order chi connectivity index (χ0) is 19.2. The molecule has 0 bridgehead atoms. The Morgan fingerprint density at radius 3 is 2.44 bits per heavy atom. The second-order valence-electron chi connectivity index (χ2n) is 7.52. The van der Waals surface area contributed by atoms with Gasteiger partial charge in [0.05, 0.1) is 5.69 Å². The number of nitrogens with zero attached hydrogens (tertiary/aromatic N) is 3. The lowest BCUT2D eigenvalue weighted by molar-refractivity contribution is -0.121. The zero-order valence-corrected chi connectivity index (χ0v) is 16.9. The molecule has 142 valence electrons. The fourth-order valence-corrected chi connectivity index (χ4v) is 2.63. The van der Waals surface area contributed by atoms with E-state index in [9.17, 15) is 4.79 Å². The van der Waals surface area contributed by atoms with Gasteiger partial charge in [0.25, 0.3) is 0 Å². The Morgan fingerprint density at radius 2 is 1.96 bits per heavy atom. The van der Waals surface area contributed by atoms with Gasteiger partial charge in [-0.2, -0.15) is 5.10 Å². The molecular weight excluding hydrogens is 316 g/mol. The van der Waals surface area contributed by atoms with Gasteiger partial charge in [0.2, 0.25) is 5.91 Å². The van der Waals surface area contributed by atoms with Gasteiger partial charge in [-0.25, -0.2) is 4.99 Å². The SMILES string of the molecule is CCNC(=NCC(=O)NC(C)(C)C)NC(C)Cc1c(C)nn(C)c1C. The molecule has 1 amide bonds. The summed E-state index contributed by atoms with van der Waals surface area (Å²) in [6.07, 6.45) is 0.851. The summed E-state index contributed by atoms with van der Waals surface area (Å²) in [6.45, 7) is 14.9. The number of amides is 1. The van der Waals surface area contributed by atoms with Crippen molar-refractivity contribution in [1.29, 1.82) is 0 Å². The van der Waals surface area contributed by atoms with E-state index in [1.54, 1.807) is 0 Å². The van der Waals surface area contributed by atoms with Crippen molar-refractivity contribution in [1.82, 2.24) is 25.7 Å². The molecule has 0 saturated carbocycles. The summed E-state index contributed by atoms with van der Waals surface area (Å²) in [7, 11) is 1.96. The Morgan fingerprint density at radius 1 is 1.32 bits per heavy atom. The molecule has 0 aliphatic rings. The van der Waals surface area contributed by atoms with Gasteiger partial charge in [-0.15, -0.1) is 0 Å². The molecule has 7 nitrogen and oxygen atoms in total. The number of guanidine groups is 1. The van der Waals surface area contributed by atoms with Crippen LogP contribution >= 0.6 is 0 Å². The number of aliphatic imine (C=N–C) groups is 1. The summed E-state index contributed by atoms with van der Waals surface area (Å²) in [4.78, 5) is 16.3. The number of aryl methyl sites for hydroxylation is 2. The molecule has 0 spiro atoms. The maximum Gasteiger partial charge on any atom is 0.242 e. The molecule has 0 radical (unpaired) electrons. The van der Waals surface area contributed by atoms with E-state index in [2.05, 4.69) is 39.9 Å². The minimum Gasteiger partial charge on any atom is -0.357 e. The molecular formula is C18H34N6O. The fraction of sp³-hybridized carbons (Fsp3) is 0.722. The monoisotopic (exact) mass is 350 g/mol. The van der Waals surface area contributed by atoms with Crippen LogP contribution in [0.4, 0.5) is 0 Å². The van der Waals surface area contributed by atoms with Gasteiger partial charge in [-0.3, -0.25) is 9.48 Å². The Kier molecular flexibility index (Phi) is 7.45. The van der Waals surface area contributed by atoms with E-state index in [1.165, 1.54) is 11.3 Å². The molecule has 3 N–H and O–H groups in total. The van der Waals surface area contributed by atoms with Crippen molar-refractivity contribution in [3.05, 3.63) is 17.0 Å². The van der Waals surface area contributed by atoms with Crippen molar-refractivity contribution in [3.63, 3.8) is 0 Å². The Balaban J connectivity index is 2.70. The minimum atomic E-state index is -0.249. The molecule has 0 aliphatic heterocycles. The molecule has 0 saturated heterocycles. The van der Waals surface area contributed by atoms with Crippen molar-refractivity contribution >= 4 is 11.9 Å². The summed E-state index contributed by atoms with van der Waals surface area (Å²) in [5, 5.41) is 13.9. The van der Waals surface area contributed by atoms with E-state index in [4.69, 9.17) is 0 Å². The summed E-state index contributed by atoms with van der Waals surface area (Å²) in [6, 6.07) is 0.171. The highest BCUT2D eigenvalue weighted by molar-refractivity contribution is 5.85. The predicted octanol–water partition coefficient (Wildman–Crippen LogP) is 1.44. The minimum absolute atomic E-state index is 0.0868. The molecule has 1 rings (SSSR count). The third kappa shape index (κ3) is 7.15. The zero-order valence-electron chi connectivity index (χ0n) is 16.9. The number of hydrogen-bond donors (Lipinski definition) is 3. The van der Waals surface area contributed by atoms with Crippen LogP contribution in [0.1, 0.15) is 51.6 Å². The van der Waals surface area contributed by atoms with E-state index in [1.807, 2.05) is 46.3 Å². The van der Waals surface area contributed by atoms with E-state index in [0.717, 1.165) is 18.7 Å². The number of carbonyl (C=O) groups excluding carboxylic acids is 1. The van der Waals surface area contributed by atoms with Crippen LogP contribution in [0.3, 0.4) is 0 Å². The highest BCUT2D eigenvalue weighted by Gasteiger charge is 2.15. The Hall–Kier alpha value is -2.05. The lowest BCUT2D eigenvalue weighted by Gasteiger charge is -2.21. The lowest BCUT2D eigenvalue weighted by atomic mass is 10.1. The number of hydrogen-bond acceptors (Lipinski definition) is 3.